The van der Waals surface area contributed by atoms with Crippen LogP contribution in [-0.2, 0) is 13.8 Å². The van der Waals surface area contributed by atoms with Crippen LogP contribution in [-0.4, -0.2) is 48.5 Å². The molecule has 0 radical (unpaired) electrons. The Bertz CT molecular complexity index is 632. The number of rotatable bonds is 3. The van der Waals surface area contributed by atoms with Gasteiger partial charge in [-0.05, 0) is 6.07 Å². The number of ether oxygens (including phenoxy) is 1. The van der Waals surface area contributed by atoms with Crippen LogP contribution in [0.4, 0.5) is 0 Å². The van der Waals surface area contributed by atoms with Crippen molar-refractivity contribution in [1.29, 1.82) is 5.41 Å². The molecule has 1 aromatic rings. The summed E-state index contributed by atoms with van der Waals surface area (Å²) in [7, 11) is -4.69. The fourth-order valence-electron chi connectivity index (χ4n) is 2.31. The Balaban J connectivity index is 1.92. The lowest BCUT2D eigenvalue weighted by molar-refractivity contribution is -0.0460. The monoisotopic (exact) mass is 321 g/mol. The zero-order valence-electron chi connectivity index (χ0n) is 9.99. The summed E-state index contributed by atoms with van der Waals surface area (Å²) in [5.41, 5.74) is 0.0925. The van der Waals surface area contributed by atoms with Crippen molar-refractivity contribution >= 4 is 19.6 Å². The van der Waals surface area contributed by atoms with Gasteiger partial charge in [0, 0.05) is 6.20 Å². The number of aliphatic hydroxyl groups is 1. The molecule has 2 aliphatic rings. The van der Waals surface area contributed by atoms with Crippen LogP contribution in [0.25, 0.3) is 0 Å². The van der Waals surface area contributed by atoms with Gasteiger partial charge < -0.3 is 19.6 Å². The van der Waals surface area contributed by atoms with E-state index in [1.54, 1.807) is 10.8 Å². The summed E-state index contributed by atoms with van der Waals surface area (Å²) in [5.74, 6) is 0. The van der Waals surface area contributed by atoms with Gasteiger partial charge in [0.15, 0.2) is 11.4 Å². The zero-order chi connectivity index (χ0) is 14.5. The average Bonchev–Trinajstić information content (AvgIpc) is 2.84. The Morgan fingerprint density at radius 3 is 3.00 bits per heavy atom. The van der Waals surface area contributed by atoms with Crippen LogP contribution < -0.4 is 5.49 Å². The highest BCUT2D eigenvalue weighted by Gasteiger charge is 2.52. The van der Waals surface area contributed by atoms with Gasteiger partial charge >= 0.3 is 7.82 Å². The molecule has 1 aromatic heterocycles. The first kappa shape index (κ1) is 14.2. The molecule has 110 valence electrons. The van der Waals surface area contributed by atoms with Crippen molar-refractivity contribution in [3.05, 3.63) is 17.8 Å². The number of hydrogen-bond acceptors (Lipinski definition) is 7. The minimum atomic E-state index is -4.69. The Morgan fingerprint density at radius 2 is 2.35 bits per heavy atom. The van der Waals surface area contributed by atoms with E-state index in [9.17, 15) is 9.67 Å². The second-order valence-corrected chi connectivity index (χ2v) is 6.73. The van der Waals surface area contributed by atoms with E-state index in [-0.39, 0.29) is 5.49 Å². The number of hydrogen-bond donors (Lipinski definition) is 4. The summed E-state index contributed by atoms with van der Waals surface area (Å²) in [4.78, 5) is 21.9. The van der Waals surface area contributed by atoms with Crippen molar-refractivity contribution in [1.82, 2.24) is 9.55 Å². The van der Waals surface area contributed by atoms with Crippen molar-refractivity contribution in [3.8, 4) is 0 Å². The normalized spacial score (nSPS) is 32.1. The van der Waals surface area contributed by atoms with Crippen molar-refractivity contribution in [2.24, 2.45) is 0 Å². The molecule has 0 spiro atoms. The van der Waals surface area contributed by atoms with Crippen LogP contribution in [0.3, 0.4) is 0 Å². The second-order valence-electron chi connectivity index (χ2n) is 4.39. The maximum Gasteiger partial charge on any atom is 0.469 e. The van der Waals surface area contributed by atoms with Crippen LogP contribution in [0.5, 0.6) is 0 Å². The fraction of sp³-hybridized carbons (Fsp3) is 0.556. The smallest absolute Gasteiger partial charge is 0.394 e. The molecule has 4 atom stereocenters. The van der Waals surface area contributed by atoms with E-state index < -0.39 is 38.1 Å². The third kappa shape index (κ3) is 2.44. The predicted octanol–water partition coefficient (Wildman–Crippen LogP) is -0.796. The fourth-order valence-corrected chi connectivity index (χ4v) is 4.33. The summed E-state index contributed by atoms with van der Waals surface area (Å²) >= 11 is 1.22. The third-order valence-electron chi connectivity index (χ3n) is 3.07. The van der Waals surface area contributed by atoms with Crippen molar-refractivity contribution < 1.29 is 28.7 Å². The van der Waals surface area contributed by atoms with Crippen molar-refractivity contribution in [2.75, 3.05) is 6.61 Å². The highest BCUT2D eigenvalue weighted by atomic mass is 32.2. The molecule has 3 heterocycles. The molecule has 0 saturated carbocycles. The van der Waals surface area contributed by atoms with E-state index in [1.165, 1.54) is 17.8 Å². The van der Waals surface area contributed by atoms with Crippen LogP contribution >= 0.6 is 19.6 Å². The summed E-state index contributed by atoms with van der Waals surface area (Å²) < 4.78 is 23.0. The molecular formula is C9H12N3O6PS. The van der Waals surface area contributed by atoms with E-state index in [0.29, 0.717) is 5.16 Å². The van der Waals surface area contributed by atoms with Gasteiger partial charge in [-0.1, -0.05) is 11.8 Å². The molecule has 1 fully saturated rings. The second kappa shape index (κ2) is 4.92. The molecule has 0 aromatic carbocycles. The first-order chi connectivity index (χ1) is 9.39. The molecule has 3 rings (SSSR count). The minimum absolute atomic E-state index is 0.0925. The molecular weight excluding hydrogens is 309 g/mol. The Kier molecular flexibility index (Phi) is 3.49. The van der Waals surface area contributed by atoms with Gasteiger partial charge in [0.2, 0.25) is 0 Å². The highest BCUT2D eigenvalue weighted by molar-refractivity contribution is 8.00. The van der Waals surface area contributed by atoms with E-state index >= 15 is 0 Å². The topological polar surface area (TPSA) is 138 Å². The van der Waals surface area contributed by atoms with E-state index in [2.05, 4.69) is 4.98 Å². The SMILES string of the molecule is N=c1ccn2c(n1)S[C@H]1[C@H](OP(=O)(O)O)[C@@H](CO)O[C@H]12. The number of phosphoric ester groups is 1. The molecule has 1 saturated heterocycles. The van der Waals surface area contributed by atoms with Crippen LogP contribution in [0.15, 0.2) is 17.4 Å². The quantitative estimate of drug-likeness (QED) is 0.419. The lowest BCUT2D eigenvalue weighted by Crippen LogP contribution is -2.32. The number of phosphoric acid groups is 1. The summed E-state index contributed by atoms with van der Waals surface area (Å²) in [6.45, 7) is -0.405. The summed E-state index contributed by atoms with van der Waals surface area (Å²) in [5, 5.41) is 16.8. The lowest BCUT2D eigenvalue weighted by atomic mass is 10.2. The number of nitrogens with one attached hydrogen (secondary N) is 1. The van der Waals surface area contributed by atoms with Gasteiger partial charge in [0.05, 0.1) is 11.9 Å². The van der Waals surface area contributed by atoms with Crippen molar-refractivity contribution in [3.63, 3.8) is 0 Å². The van der Waals surface area contributed by atoms with Gasteiger partial charge in [-0.3, -0.25) is 14.5 Å². The summed E-state index contributed by atoms with van der Waals surface area (Å²) in [6, 6.07) is 1.49. The van der Waals surface area contributed by atoms with Gasteiger partial charge in [0.1, 0.15) is 17.7 Å². The van der Waals surface area contributed by atoms with E-state index in [4.69, 9.17) is 24.5 Å². The van der Waals surface area contributed by atoms with Crippen LogP contribution in [0.1, 0.15) is 6.23 Å². The van der Waals surface area contributed by atoms with Crippen LogP contribution in [0, 0.1) is 5.41 Å². The number of fused-ring (bicyclic) bond motifs is 3. The van der Waals surface area contributed by atoms with E-state index in [1.807, 2.05) is 0 Å². The standard InChI is InChI=1S/C9H12N3O6PS/c10-5-1-2-12-8-7(20-9(12)11-5)6(4(3-13)17-8)18-19(14,15)16/h1-2,4,6-8,10,13H,3H2,(H2,14,15,16)/t4-,6-,7+,8-/m1/s1. The van der Waals surface area contributed by atoms with Crippen LogP contribution in [0.2, 0.25) is 0 Å². The molecule has 4 N–H and O–H groups in total. The Morgan fingerprint density at radius 1 is 1.60 bits per heavy atom. The first-order valence-corrected chi connectivity index (χ1v) is 8.11. The Labute approximate surface area is 117 Å². The third-order valence-corrected chi connectivity index (χ3v) is 4.87. The summed E-state index contributed by atoms with van der Waals surface area (Å²) in [6.07, 6.45) is -0.679. The molecule has 0 aliphatic carbocycles. The average molecular weight is 321 g/mol. The lowest BCUT2D eigenvalue weighted by Gasteiger charge is -2.20. The number of aliphatic hydroxyl groups excluding tert-OH is 1. The molecule has 20 heavy (non-hydrogen) atoms. The molecule has 9 nitrogen and oxygen atoms in total. The van der Waals surface area contributed by atoms with Gasteiger partial charge in [-0.15, -0.1) is 0 Å². The molecule has 11 heteroatoms. The largest absolute Gasteiger partial charge is 0.469 e. The maximum atomic E-state index is 11.0. The molecule has 0 unspecified atom stereocenters. The van der Waals surface area contributed by atoms with Gasteiger partial charge in [-0.2, -0.15) is 0 Å². The van der Waals surface area contributed by atoms with Gasteiger partial charge in [-0.25, -0.2) is 9.55 Å². The number of aromatic nitrogens is 2. The molecule has 2 aliphatic heterocycles. The molecule has 0 amide bonds. The molecule has 0 bridgehead atoms. The highest BCUT2D eigenvalue weighted by Crippen LogP contribution is 2.51. The van der Waals surface area contributed by atoms with Crippen molar-refractivity contribution in [2.45, 2.75) is 28.8 Å². The maximum absolute atomic E-state index is 11.0. The Hall–Kier alpha value is -0.740. The first-order valence-electron chi connectivity index (χ1n) is 5.70. The predicted molar refractivity (Wildman–Crippen MR) is 65.6 cm³/mol. The number of nitrogens with zero attached hydrogens (tertiary/aromatic N) is 2. The van der Waals surface area contributed by atoms with E-state index in [0.717, 1.165) is 0 Å². The number of thioether (sulfide) groups is 1. The van der Waals surface area contributed by atoms with Gasteiger partial charge in [0.25, 0.3) is 0 Å². The zero-order valence-corrected chi connectivity index (χ0v) is 11.7. The minimum Gasteiger partial charge on any atom is -0.394 e.